The van der Waals surface area contributed by atoms with Gasteiger partial charge in [-0.05, 0) is 48.4 Å². The summed E-state index contributed by atoms with van der Waals surface area (Å²) in [6, 6.07) is 13.7. The lowest BCUT2D eigenvalue weighted by atomic mass is 10.1. The first kappa shape index (κ1) is 16.9. The molecule has 1 fully saturated rings. The van der Waals surface area contributed by atoms with E-state index in [9.17, 15) is 9.59 Å². The summed E-state index contributed by atoms with van der Waals surface area (Å²) in [6.45, 7) is 0.526. The number of ether oxygens (including phenoxy) is 2. The molecule has 7 nitrogen and oxygen atoms in total. The molecule has 2 amide bonds. The molecule has 2 aliphatic rings. The molecule has 7 heteroatoms. The number of fused-ring (bicyclic) bond motifs is 1. The van der Waals surface area contributed by atoms with Crippen LogP contribution in [0.5, 0.6) is 11.5 Å². The molecule has 2 heterocycles. The predicted molar refractivity (Wildman–Crippen MR) is 95.9 cm³/mol. The molecule has 2 aromatic rings. The Bertz CT molecular complexity index is 933. The highest BCUT2D eigenvalue weighted by Gasteiger charge is 2.36. The van der Waals surface area contributed by atoms with Crippen molar-refractivity contribution in [2.45, 2.75) is 25.4 Å². The number of anilines is 1. The van der Waals surface area contributed by atoms with Crippen molar-refractivity contribution in [3.63, 3.8) is 0 Å². The minimum absolute atomic E-state index is 0.0485. The number of benzene rings is 2. The van der Waals surface area contributed by atoms with Gasteiger partial charge in [-0.25, -0.2) is 0 Å². The second-order valence-electron chi connectivity index (χ2n) is 6.44. The van der Waals surface area contributed by atoms with Crippen LogP contribution in [-0.2, 0) is 16.1 Å². The lowest BCUT2D eigenvalue weighted by Crippen LogP contribution is -2.41. The van der Waals surface area contributed by atoms with Crippen LogP contribution in [0.2, 0.25) is 0 Å². The fourth-order valence-corrected chi connectivity index (χ4v) is 3.29. The SMILES string of the molecule is N#Cc1ccc(NC(=O)C2CCC(=O)N2Cc2ccc3c(c2)OCO3)cc1. The highest BCUT2D eigenvalue weighted by Crippen LogP contribution is 2.33. The van der Waals surface area contributed by atoms with Crippen LogP contribution in [0.25, 0.3) is 0 Å². The van der Waals surface area contributed by atoms with Crippen molar-refractivity contribution in [2.75, 3.05) is 12.1 Å². The van der Waals surface area contributed by atoms with Crippen molar-refractivity contribution in [1.82, 2.24) is 4.90 Å². The first-order chi connectivity index (χ1) is 13.1. The normalized spacial score (nSPS) is 17.7. The molecule has 1 unspecified atom stereocenters. The topological polar surface area (TPSA) is 91.7 Å². The molecular weight excluding hydrogens is 346 g/mol. The smallest absolute Gasteiger partial charge is 0.247 e. The Morgan fingerprint density at radius 3 is 2.74 bits per heavy atom. The van der Waals surface area contributed by atoms with Gasteiger partial charge >= 0.3 is 0 Å². The van der Waals surface area contributed by atoms with E-state index in [0.29, 0.717) is 42.1 Å². The molecule has 1 N–H and O–H groups in total. The number of rotatable bonds is 4. The Kier molecular flexibility index (Phi) is 4.38. The predicted octanol–water partition coefficient (Wildman–Crippen LogP) is 2.42. The van der Waals surface area contributed by atoms with E-state index in [0.717, 1.165) is 5.56 Å². The Morgan fingerprint density at radius 1 is 1.19 bits per heavy atom. The third kappa shape index (κ3) is 3.42. The number of carbonyl (C=O) groups excluding carboxylic acids is 2. The number of hydrogen-bond donors (Lipinski definition) is 1. The summed E-state index contributed by atoms with van der Waals surface area (Å²) in [4.78, 5) is 26.6. The first-order valence-electron chi connectivity index (χ1n) is 8.63. The maximum Gasteiger partial charge on any atom is 0.247 e. The van der Waals surface area contributed by atoms with E-state index in [1.807, 2.05) is 24.3 Å². The number of hydrogen-bond acceptors (Lipinski definition) is 5. The Balaban J connectivity index is 1.47. The molecule has 4 rings (SSSR count). The van der Waals surface area contributed by atoms with Gasteiger partial charge in [0.05, 0.1) is 11.6 Å². The van der Waals surface area contributed by atoms with Gasteiger partial charge in [0.15, 0.2) is 11.5 Å². The average molecular weight is 363 g/mol. The fraction of sp³-hybridized carbons (Fsp3) is 0.250. The fourth-order valence-electron chi connectivity index (χ4n) is 3.29. The molecule has 0 radical (unpaired) electrons. The lowest BCUT2D eigenvalue weighted by Gasteiger charge is -2.24. The molecular formula is C20H17N3O4. The zero-order valence-corrected chi connectivity index (χ0v) is 14.5. The average Bonchev–Trinajstić information content (AvgIpc) is 3.29. The molecule has 2 aromatic carbocycles. The van der Waals surface area contributed by atoms with Crippen LogP contribution >= 0.6 is 0 Å². The standard InChI is InChI=1S/C20H17N3O4/c21-10-13-1-4-15(5-2-13)22-20(25)16-6-8-19(24)23(16)11-14-3-7-17-18(9-14)27-12-26-17/h1-5,7,9,16H,6,8,11-12H2,(H,22,25). The van der Waals surface area contributed by atoms with E-state index < -0.39 is 6.04 Å². The second-order valence-corrected chi connectivity index (χ2v) is 6.44. The monoisotopic (exact) mass is 363 g/mol. The van der Waals surface area contributed by atoms with E-state index in [1.54, 1.807) is 29.2 Å². The van der Waals surface area contributed by atoms with Crippen molar-refractivity contribution >= 4 is 17.5 Å². The van der Waals surface area contributed by atoms with Crippen molar-refractivity contribution in [3.8, 4) is 17.6 Å². The minimum atomic E-state index is -0.529. The molecule has 2 aliphatic heterocycles. The van der Waals surface area contributed by atoms with Gasteiger partial charge in [0.25, 0.3) is 0 Å². The number of nitrogens with zero attached hydrogens (tertiary/aromatic N) is 2. The van der Waals surface area contributed by atoms with Gasteiger partial charge in [-0.3, -0.25) is 9.59 Å². The quantitative estimate of drug-likeness (QED) is 0.901. The van der Waals surface area contributed by atoms with Gasteiger partial charge in [0.2, 0.25) is 18.6 Å². The first-order valence-corrected chi connectivity index (χ1v) is 8.63. The molecule has 0 spiro atoms. The van der Waals surface area contributed by atoms with E-state index in [2.05, 4.69) is 5.32 Å². The van der Waals surface area contributed by atoms with Gasteiger partial charge in [0.1, 0.15) is 6.04 Å². The molecule has 136 valence electrons. The van der Waals surface area contributed by atoms with Gasteiger partial charge < -0.3 is 19.7 Å². The van der Waals surface area contributed by atoms with Gasteiger partial charge in [-0.15, -0.1) is 0 Å². The van der Waals surface area contributed by atoms with Crippen LogP contribution in [0.3, 0.4) is 0 Å². The van der Waals surface area contributed by atoms with E-state index >= 15 is 0 Å². The van der Waals surface area contributed by atoms with Crippen LogP contribution < -0.4 is 14.8 Å². The highest BCUT2D eigenvalue weighted by atomic mass is 16.7. The Labute approximate surface area is 156 Å². The molecule has 0 bridgehead atoms. The number of amides is 2. The number of nitrogens with one attached hydrogen (secondary N) is 1. The summed E-state index contributed by atoms with van der Waals surface area (Å²) in [6.07, 6.45) is 0.821. The van der Waals surface area contributed by atoms with E-state index in [1.165, 1.54) is 0 Å². The van der Waals surface area contributed by atoms with Crippen LogP contribution in [0.4, 0.5) is 5.69 Å². The summed E-state index contributed by atoms with van der Waals surface area (Å²) in [5.41, 5.74) is 2.00. The largest absolute Gasteiger partial charge is 0.454 e. The van der Waals surface area contributed by atoms with Crippen LogP contribution in [0.15, 0.2) is 42.5 Å². The van der Waals surface area contributed by atoms with Crippen LogP contribution in [0.1, 0.15) is 24.0 Å². The van der Waals surface area contributed by atoms with Crippen LogP contribution in [-0.4, -0.2) is 29.5 Å². The lowest BCUT2D eigenvalue weighted by molar-refractivity contribution is -0.133. The van der Waals surface area contributed by atoms with Gasteiger partial charge in [-0.2, -0.15) is 5.26 Å². The number of nitriles is 1. The summed E-state index contributed by atoms with van der Waals surface area (Å²) in [5.74, 6) is 1.05. The molecule has 1 saturated heterocycles. The summed E-state index contributed by atoms with van der Waals surface area (Å²) in [5, 5.41) is 11.7. The molecule has 0 saturated carbocycles. The van der Waals surface area contributed by atoms with E-state index in [4.69, 9.17) is 14.7 Å². The summed E-state index contributed by atoms with van der Waals surface area (Å²) < 4.78 is 10.7. The van der Waals surface area contributed by atoms with Crippen molar-refractivity contribution in [1.29, 1.82) is 5.26 Å². The third-order valence-corrected chi connectivity index (χ3v) is 4.70. The van der Waals surface area contributed by atoms with E-state index in [-0.39, 0.29) is 18.6 Å². The molecule has 0 aliphatic carbocycles. The van der Waals surface area contributed by atoms with Gasteiger partial charge in [0, 0.05) is 18.7 Å². The zero-order valence-electron chi connectivity index (χ0n) is 14.5. The highest BCUT2D eigenvalue weighted by molar-refractivity contribution is 5.99. The van der Waals surface area contributed by atoms with Crippen molar-refractivity contribution in [3.05, 3.63) is 53.6 Å². The Morgan fingerprint density at radius 2 is 1.96 bits per heavy atom. The molecule has 0 aromatic heterocycles. The summed E-state index contributed by atoms with van der Waals surface area (Å²) in [7, 11) is 0. The molecule has 27 heavy (non-hydrogen) atoms. The molecule has 1 atom stereocenters. The van der Waals surface area contributed by atoms with Crippen molar-refractivity contribution < 1.29 is 19.1 Å². The maximum absolute atomic E-state index is 12.7. The maximum atomic E-state index is 12.7. The minimum Gasteiger partial charge on any atom is -0.454 e. The second kappa shape index (κ2) is 7.00. The number of carbonyl (C=O) groups is 2. The van der Waals surface area contributed by atoms with Crippen LogP contribution in [0, 0.1) is 11.3 Å². The Hall–Kier alpha value is -3.53. The third-order valence-electron chi connectivity index (χ3n) is 4.70. The summed E-state index contributed by atoms with van der Waals surface area (Å²) >= 11 is 0. The van der Waals surface area contributed by atoms with Gasteiger partial charge in [-0.1, -0.05) is 6.07 Å². The zero-order chi connectivity index (χ0) is 18.8. The van der Waals surface area contributed by atoms with Crippen molar-refractivity contribution in [2.24, 2.45) is 0 Å². The number of likely N-dealkylation sites (tertiary alicyclic amines) is 1.